The third kappa shape index (κ3) is 0.542. The van der Waals surface area contributed by atoms with E-state index in [4.69, 9.17) is 0 Å². The summed E-state index contributed by atoms with van der Waals surface area (Å²) in [5.74, 6) is 0. The third-order valence-electron chi connectivity index (χ3n) is 0.435. The summed E-state index contributed by atoms with van der Waals surface area (Å²) in [6.07, 6.45) is 3.11. The molecule has 1 rings (SSSR count). The summed E-state index contributed by atoms with van der Waals surface area (Å²) in [6, 6.07) is 0. The van der Waals surface area contributed by atoms with E-state index < -0.39 is 0 Å². The molecule has 0 atom stereocenters. The molecule has 0 N–H and O–H groups in total. The maximum atomic E-state index is 4.54. The molecule has 31 valence electrons. The molecule has 6 heavy (non-hydrogen) atoms. The molecule has 0 saturated heterocycles. The average molecular weight is 100 g/mol. The van der Waals surface area contributed by atoms with Crippen LogP contribution in [0.3, 0.4) is 0 Å². The molecular formula is C3H2NOS. The smallest absolute Gasteiger partial charge is 0.204 e. The van der Waals surface area contributed by atoms with Crippen LogP contribution < -0.4 is 0 Å². The van der Waals surface area contributed by atoms with Gasteiger partial charge in [0.05, 0.1) is 6.42 Å². The molecule has 0 unspecified atom stereocenters. The maximum Gasteiger partial charge on any atom is 0.204 e. The fourth-order valence-electron chi connectivity index (χ4n) is 0.212. The fraction of sp³-hybridized carbons (Fsp3) is 0.333. The van der Waals surface area contributed by atoms with Gasteiger partial charge in [0.1, 0.15) is 6.21 Å². The van der Waals surface area contributed by atoms with Gasteiger partial charge in [-0.05, 0) is 12.2 Å². The summed E-state index contributed by atoms with van der Waals surface area (Å²) >= 11 is 4.54. The van der Waals surface area contributed by atoms with Gasteiger partial charge in [-0.3, -0.25) is 0 Å². The minimum atomic E-state index is 0.509. The molecule has 0 aromatic carbocycles. The van der Waals surface area contributed by atoms with Crippen molar-refractivity contribution < 1.29 is 4.84 Å². The molecule has 0 bridgehead atoms. The van der Waals surface area contributed by atoms with Crippen LogP contribution in [0.25, 0.3) is 0 Å². The number of hydrogen-bond donors (Lipinski definition) is 0. The zero-order valence-electron chi connectivity index (χ0n) is 2.97. The van der Waals surface area contributed by atoms with Crippen LogP contribution in [-0.4, -0.2) is 11.3 Å². The largest absolute Gasteiger partial charge is 0.349 e. The standard InChI is InChI=1S/C3H2NOS/c6-3-1-2-4-5-3/h1H2. The minimum absolute atomic E-state index is 0.509. The first-order valence-corrected chi connectivity index (χ1v) is 1.93. The van der Waals surface area contributed by atoms with E-state index in [9.17, 15) is 0 Å². The number of thiocarbonyl (C=S) groups is 1. The minimum Gasteiger partial charge on any atom is -0.349 e. The van der Waals surface area contributed by atoms with Gasteiger partial charge in [-0.1, -0.05) is 5.16 Å². The van der Waals surface area contributed by atoms with Crippen molar-refractivity contribution in [2.45, 2.75) is 6.42 Å². The first-order valence-electron chi connectivity index (χ1n) is 1.52. The lowest BCUT2D eigenvalue weighted by molar-refractivity contribution is 0.349. The molecule has 0 fully saturated rings. The molecule has 0 amide bonds. The predicted molar refractivity (Wildman–Crippen MR) is 25.7 cm³/mol. The van der Waals surface area contributed by atoms with Gasteiger partial charge in [-0.15, -0.1) is 0 Å². The van der Waals surface area contributed by atoms with Crippen LogP contribution in [0.4, 0.5) is 0 Å². The van der Waals surface area contributed by atoms with Crippen LogP contribution in [0.1, 0.15) is 6.42 Å². The Morgan fingerprint density at radius 1 is 2.00 bits per heavy atom. The molecule has 2 nitrogen and oxygen atoms in total. The Morgan fingerprint density at radius 3 is 3.00 bits per heavy atom. The normalized spacial score (nSPS) is 18.3. The number of hydrogen-bond acceptors (Lipinski definition) is 3. The molecule has 0 aromatic rings. The Balaban J connectivity index is 2.52. The first kappa shape index (κ1) is 3.74. The lowest BCUT2D eigenvalue weighted by atomic mass is 10.5. The van der Waals surface area contributed by atoms with Gasteiger partial charge < -0.3 is 4.84 Å². The number of rotatable bonds is 0. The summed E-state index contributed by atoms with van der Waals surface area (Å²) in [6.45, 7) is 0. The van der Waals surface area contributed by atoms with Crippen LogP contribution in [0, 0.1) is 0 Å². The van der Waals surface area contributed by atoms with Crippen molar-refractivity contribution in [3.63, 3.8) is 0 Å². The molecule has 3 heteroatoms. The molecule has 1 aliphatic heterocycles. The Labute approximate surface area is 40.8 Å². The Hall–Kier alpha value is -0.440. The van der Waals surface area contributed by atoms with Crippen molar-refractivity contribution >= 4 is 23.5 Å². The molecule has 0 saturated carbocycles. The molecular weight excluding hydrogens is 98.1 g/mol. The first-order chi connectivity index (χ1) is 2.89. The van der Waals surface area contributed by atoms with E-state index in [-0.39, 0.29) is 0 Å². The highest BCUT2D eigenvalue weighted by atomic mass is 32.1. The van der Waals surface area contributed by atoms with E-state index in [1.165, 1.54) is 0 Å². The van der Waals surface area contributed by atoms with Crippen LogP contribution in [-0.2, 0) is 4.84 Å². The van der Waals surface area contributed by atoms with Gasteiger partial charge in [-0.2, -0.15) is 0 Å². The molecule has 0 aliphatic carbocycles. The summed E-state index contributed by atoms with van der Waals surface area (Å²) in [4.78, 5) is 4.40. The van der Waals surface area contributed by atoms with Crippen LogP contribution in [0.2, 0.25) is 0 Å². The van der Waals surface area contributed by atoms with Crippen molar-refractivity contribution in [1.29, 1.82) is 0 Å². The van der Waals surface area contributed by atoms with E-state index in [0.717, 1.165) is 0 Å². The van der Waals surface area contributed by atoms with Crippen molar-refractivity contribution in [2.75, 3.05) is 0 Å². The second-order valence-electron chi connectivity index (χ2n) is 0.889. The van der Waals surface area contributed by atoms with Crippen molar-refractivity contribution in [1.82, 2.24) is 0 Å². The zero-order valence-corrected chi connectivity index (χ0v) is 3.79. The molecule has 0 spiro atoms. The van der Waals surface area contributed by atoms with Gasteiger partial charge in [0.2, 0.25) is 5.05 Å². The van der Waals surface area contributed by atoms with E-state index in [0.29, 0.717) is 11.5 Å². The number of nitrogens with zero attached hydrogens (tertiary/aromatic N) is 1. The highest BCUT2D eigenvalue weighted by molar-refractivity contribution is 7.80. The lowest BCUT2D eigenvalue weighted by Crippen LogP contribution is -1.84. The second-order valence-corrected chi connectivity index (χ2v) is 1.34. The van der Waals surface area contributed by atoms with Crippen LogP contribution >= 0.6 is 12.2 Å². The summed E-state index contributed by atoms with van der Waals surface area (Å²) in [7, 11) is 0. The summed E-state index contributed by atoms with van der Waals surface area (Å²) in [5.41, 5.74) is 0. The van der Waals surface area contributed by atoms with Gasteiger partial charge in [-0.25, -0.2) is 0 Å². The molecule has 1 radical (unpaired) electrons. The van der Waals surface area contributed by atoms with Gasteiger partial charge in [0, 0.05) is 0 Å². The average Bonchev–Trinajstić information content (AvgIpc) is 1.86. The van der Waals surface area contributed by atoms with E-state index in [2.05, 4.69) is 28.4 Å². The fourth-order valence-corrected chi connectivity index (χ4v) is 0.314. The van der Waals surface area contributed by atoms with Crippen LogP contribution in [0.15, 0.2) is 5.16 Å². The lowest BCUT2D eigenvalue weighted by Gasteiger charge is -1.79. The van der Waals surface area contributed by atoms with Crippen molar-refractivity contribution in [2.24, 2.45) is 5.16 Å². The Bertz CT molecular complexity index is 89.0. The van der Waals surface area contributed by atoms with Crippen molar-refractivity contribution in [3.8, 4) is 0 Å². The van der Waals surface area contributed by atoms with Gasteiger partial charge in [0.15, 0.2) is 0 Å². The topological polar surface area (TPSA) is 21.6 Å². The quantitative estimate of drug-likeness (QED) is 0.416. The molecule has 1 aliphatic rings. The Kier molecular flexibility index (Phi) is 0.837. The van der Waals surface area contributed by atoms with Gasteiger partial charge in [0.25, 0.3) is 0 Å². The van der Waals surface area contributed by atoms with Crippen LogP contribution in [0.5, 0.6) is 0 Å². The molecule has 0 aromatic heterocycles. The second kappa shape index (κ2) is 1.34. The maximum absolute atomic E-state index is 4.54. The zero-order chi connectivity index (χ0) is 4.41. The summed E-state index contributed by atoms with van der Waals surface area (Å²) < 4.78 is 0. The van der Waals surface area contributed by atoms with Gasteiger partial charge >= 0.3 is 0 Å². The SMILES string of the molecule is S=C1C[C]=NO1. The highest BCUT2D eigenvalue weighted by Crippen LogP contribution is 1.94. The molecule has 1 heterocycles. The third-order valence-corrected chi connectivity index (χ3v) is 0.654. The monoisotopic (exact) mass is 100.0 g/mol. The highest BCUT2D eigenvalue weighted by Gasteiger charge is 1.99. The summed E-state index contributed by atoms with van der Waals surface area (Å²) in [5, 5.41) is 3.78. The van der Waals surface area contributed by atoms with Crippen molar-refractivity contribution in [3.05, 3.63) is 0 Å². The van der Waals surface area contributed by atoms with E-state index >= 15 is 0 Å². The van der Waals surface area contributed by atoms with E-state index in [1.54, 1.807) is 0 Å². The Morgan fingerprint density at radius 2 is 2.83 bits per heavy atom. The van der Waals surface area contributed by atoms with E-state index in [1.807, 2.05) is 0 Å². The predicted octanol–water partition coefficient (Wildman–Crippen LogP) is 0.597.